The SMILES string of the molecule is CC(NCc1ccc2c(c1)NC(=O)CO2)C(=O)O. The quantitative estimate of drug-likeness (QED) is 0.727. The first kappa shape index (κ1) is 12.4. The van der Waals surface area contributed by atoms with E-state index >= 15 is 0 Å². The third-order valence-corrected chi connectivity index (χ3v) is 2.66. The number of carbonyl (C=O) groups is 2. The van der Waals surface area contributed by atoms with Gasteiger partial charge in [-0.15, -0.1) is 0 Å². The molecule has 0 aliphatic carbocycles. The van der Waals surface area contributed by atoms with Crippen LogP contribution in [0.5, 0.6) is 5.75 Å². The average molecular weight is 250 g/mol. The van der Waals surface area contributed by atoms with E-state index in [2.05, 4.69) is 10.6 Å². The normalized spacial score (nSPS) is 15.3. The second-order valence-corrected chi connectivity index (χ2v) is 4.11. The molecule has 1 aromatic rings. The largest absolute Gasteiger partial charge is 0.482 e. The summed E-state index contributed by atoms with van der Waals surface area (Å²) in [6.45, 7) is 2.02. The Bertz CT molecular complexity index is 487. The molecular weight excluding hydrogens is 236 g/mol. The zero-order chi connectivity index (χ0) is 13.1. The van der Waals surface area contributed by atoms with E-state index in [1.54, 1.807) is 19.1 Å². The van der Waals surface area contributed by atoms with Crippen LogP contribution in [0.3, 0.4) is 0 Å². The average Bonchev–Trinajstić information content (AvgIpc) is 2.35. The maximum Gasteiger partial charge on any atom is 0.320 e. The molecule has 96 valence electrons. The maximum atomic E-state index is 11.2. The van der Waals surface area contributed by atoms with Crippen LogP contribution >= 0.6 is 0 Å². The Balaban J connectivity index is 2.04. The molecule has 1 aliphatic rings. The van der Waals surface area contributed by atoms with Gasteiger partial charge in [0.1, 0.15) is 11.8 Å². The topological polar surface area (TPSA) is 87.7 Å². The van der Waals surface area contributed by atoms with Crippen molar-refractivity contribution in [2.45, 2.75) is 19.5 Å². The van der Waals surface area contributed by atoms with Gasteiger partial charge in [0.05, 0.1) is 5.69 Å². The van der Waals surface area contributed by atoms with Crippen LogP contribution in [-0.4, -0.2) is 29.6 Å². The van der Waals surface area contributed by atoms with E-state index in [0.29, 0.717) is 18.0 Å². The van der Waals surface area contributed by atoms with Crippen molar-refractivity contribution < 1.29 is 19.4 Å². The van der Waals surface area contributed by atoms with Crippen molar-refractivity contribution in [1.82, 2.24) is 5.32 Å². The fraction of sp³-hybridized carbons (Fsp3) is 0.333. The molecular formula is C12H14N2O4. The van der Waals surface area contributed by atoms with Crippen molar-refractivity contribution in [1.29, 1.82) is 0 Å². The Morgan fingerprint density at radius 3 is 3.11 bits per heavy atom. The number of fused-ring (bicyclic) bond motifs is 1. The third kappa shape index (κ3) is 2.78. The molecule has 1 aromatic carbocycles. The van der Waals surface area contributed by atoms with Gasteiger partial charge < -0.3 is 20.5 Å². The standard InChI is InChI=1S/C12H14N2O4/c1-7(12(16)17)13-5-8-2-3-10-9(4-8)14-11(15)6-18-10/h2-4,7,13H,5-6H2,1H3,(H,14,15)(H,16,17). The van der Waals surface area contributed by atoms with E-state index in [1.807, 2.05) is 6.07 Å². The molecule has 0 saturated heterocycles. The summed E-state index contributed by atoms with van der Waals surface area (Å²) in [5.41, 5.74) is 1.50. The molecule has 0 fully saturated rings. The van der Waals surface area contributed by atoms with Crippen LogP contribution in [0.1, 0.15) is 12.5 Å². The van der Waals surface area contributed by atoms with Crippen molar-refractivity contribution in [2.75, 3.05) is 11.9 Å². The number of carbonyl (C=O) groups excluding carboxylic acids is 1. The molecule has 1 unspecified atom stereocenters. The number of hydrogen-bond acceptors (Lipinski definition) is 4. The summed E-state index contributed by atoms with van der Waals surface area (Å²) in [6, 6.07) is 4.75. The van der Waals surface area contributed by atoms with Gasteiger partial charge in [0.25, 0.3) is 5.91 Å². The predicted molar refractivity (Wildman–Crippen MR) is 64.5 cm³/mol. The van der Waals surface area contributed by atoms with Crippen molar-refractivity contribution in [3.63, 3.8) is 0 Å². The highest BCUT2D eigenvalue weighted by Crippen LogP contribution is 2.28. The fourth-order valence-corrected chi connectivity index (χ4v) is 1.60. The molecule has 0 spiro atoms. The number of benzene rings is 1. The van der Waals surface area contributed by atoms with Gasteiger partial charge in [-0.3, -0.25) is 9.59 Å². The minimum atomic E-state index is -0.899. The molecule has 6 heteroatoms. The van der Waals surface area contributed by atoms with Crippen LogP contribution < -0.4 is 15.4 Å². The smallest absolute Gasteiger partial charge is 0.320 e. The molecule has 1 atom stereocenters. The molecule has 0 radical (unpaired) electrons. The zero-order valence-electron chi connectivity index (χ0n) is 9.90. The minimum absolute atomic E-state index is 0.0284. The molecule has 18 heavy (non-hydrogen) atoms. The first-order chi connectivity index (χ1) is 8.56. The van der Waals surface area contributed by atoms with Gasteiger partial charge in [0.15, 0.2) is 6.61 Å². The molecule has 0 aromatic heterocycles. The fourth-order valence-electron chi connectivity index (χ4n) is 1.60. The van der Waals surface area contributed by atoms with E-state index in [4.69, 9.17) is 9.84 Å². The first-order valence-corrected chi connectivity index (χ1v) is 5.58. The lowest BCUT2D eigenvalue weighted by atomic mass is 10.1. The summed E-state index contributed by atoms with van der Waals surface area (Å²) >= 11 is 0. The van der Waals surface area contributed by atoms with Crippen LogP contribution in [0.25, 0.3) is 0 Å². The molecule has 1 heterocycles. The number of anilines is 1. The highest BCUT2D eigenvalue weighted by atomic mass is 16.5. The van der Waals surface area contributed by atoms with Gasteiger partial charge in [-0.05, 0) is 24.6 Å². The maximum absolute atomic E-state index is 11.2. The van der Waals surface area contributed by atoms with Gasteiger partial charge in [0.2, 0.25) is 0 Å². The number of rotatable bonds is 4. The highest BCUT2D eigenvalue weighted by Gasteiger charge is 2.16. The van der Waals surface area contributed by atoms with Crippen molar-refractivity contribution >= 4 is 17.6 Å². The Morgan fingerprint density at radius 2 is 2.39 bits per heavy atom. The van der Waals surface area contributed by atoms with Crippen LogP contribution in [0, 0.1) is 0 Å². The Kier molecular flexibility index (Phi) is 3.47. The second kappa shape index (κ2) is 5.05. The monoisotopic (exact) mass is 250 g/mol. The Hall–Kier alpha value is -2.08. The minimum Gasteiger partial charge on any atom is -0.482 e. The Morgan fingerprint density at radius 1 is 1.61 bits per heavy atom. The number of carboxylic acid groups (broad SMARTS) is 1. The van der Waals surface area contributed by atoms with E-state index in [0.717, 1.165) is 5.56 Å². The Labute approximate surface area is 104 Å². The van der Waals surface area contributed by atoms with E-state index in [9.17, 15) is 9.59 Å². The van der Waals surface area contributed by atoms with E-state index < -0.39 is 12.0 Å². The van der Waals surface area contributed by atoms with Crippen LogP contribution in [0.4, 0.5) is 5.69 Å². The number of hydrogen-bond donors (Lipinski definition) is 3. The van der Waals surface area contributed by atoms with Gasteiger partial charge in [-0.25, -0.2) is 0 Å². The molecule has 6 nitrogen and oxygen atoms in total. The number of amides is 1. The predicted octanol–water partition coefficient (Wildman–Crippen LogP) is 0.580. The summed E-state index contributed by atoms with van der Waals surface area (Å²) < 4.78 is 5.23. The van der Waals surface area contributed by atoms with Crippen LogP contribution in [-0.2, 0) is 16.1 Å². The lowest BCUT2D eigenvalue weighted by Gasteiger charge is -2.19. The van der Waals surface area contributed by atoms with Crippen LogP contribution in [0.15, 0.2) is 18.2 Å². The van der Waals surface area contributed by atoms with Gasteiger partial charge in [-0.1, -0.05) is 6.07 Å². The number of ether oxygens (including phenoxy) is 1. The lowest BCUT2D eigenvalue weighted by Crippen LogP contribution is -2.33. The van der Waals surface area contributed by atoms with E-state index in [-0.39, 0.29) is 12.5 Å². The molecule has 0 bridgehead atoms. The van der Waals surface area contributed by atoms with Crippen molar-refractivity contribution in [2.24, 2.45) is 0 Å². The van der Waals surface area contributed by atoms with Crippen LogP contribution in [0.2, 0.25) is 0 Å². The lowest BCUT2D eigenvalue weighted by molar-refractivity contribution is -0.139. The highest BCUT2D eigenvalue weighted by molar-refractivity contribution is 5.95. The second-order valence-electron chi connectivity index (χ2n) is 4.11. The number of nitrogens with one attached hydrogen (secondary N) is 2. The summed E-state index contributed by atoms with van der Waals surface area (Å²) in [7, 11) is 0. The molecule has 2 rings (SSSR count). The molecule has 1 amide bonds. The number of aliphatic carboxylic acids is 1. The van der Waals surface area contributed by atoms with Crippen molar-refractivity contribution in [3.05, 3.63) is 23.8 Å². The van der Waals surface area contributed by atoms with Crippen molar-refractivity contribution in [3.8, 4) is 5.75 Å². The summed E-state index contributed by atoms with van der Waals surface area (Å²) in [5, 5.41) is 14.3. The van der Waals surface area contributed by atoms with Gasteiger partial charge in [0, 0.05) is 6.54 Å². The van der Waals surface area contributed by atoms with E-state index in [1.165, 1.54) is 0 Å². The number of carboxylic acids is 1. The van der Waals surface area contributed by atoms with Gasteiger partial charge >= 0.3 is 5.97 Å². The zero-order valence-corrected chi connectivity index (χ0v) is 9.90. The first-order valence-electron chi connectivity index (χ1n) is 5.58. The summed E-state index contributed by atoms with van der Waals surface area (Å²) in [5.74, 6) is -0.458. The third-order valence-electron chi connectivity index (χ3n) is 2.66. The van der Waals surface area contributed by atoms with Gasteiger partial charge in [-0.2, -0.15) is 0 Å². The molecule has 3 N–H and O–H groups in total. The summed E-state index contributed by atoms with van der Waals surface area (Å²) in [4.78, 5) is 21.8. The molecule has 1 aliphatic heterocycles. The summed E-state index contributed by atoms with van der Waals surface area (Å²) in [6.07, 6.45) is 0. The molecule has 0 saturated carbocycles.